The first-order valence-electron chi connectivity index (χ1n) is 7.12. The third-order valence-corrected chi connectivity index (χ3v) is 4.51. The number of rotatable bonds is 4. The minimum Gasteiger partial charge on any atom is -0.361 e. The third kappa shape index (κ3) is 3.01. The van der Waals surface area contributed by atoms with Gasteiger partial charge in [0.05, 0.1) is 20.9 Å². The fourth-order valence-electron chi connectivity index (χ4n) is 2.44. The molecule has 1 N–H and O–H groups in total. The summed E-state index contributed by atoms with van der Waals surface area (Å²) in [6, 6.07) is 5.81. The van der Waals surface area contributed by atoms with Crippen molar-refractivity contribution in [2.45, 2.75) is 33.6 Å². The van der Waals surface area contributed by atoms with Crippen LogP contribution in [0.5, 0.6) is 0 Å². The van der Waals surface area contributed by atoms with Gasteiger partial charge in [-0.15, -0.1) is 11.3 Å². The van der Waals surface area contributed by atoms with Crippen LogP contribution in [-0.2, 0) is 11.2 Å². The second kappa shape index (κ2) is 5.88. The molecule has 0 spiro atoms. The Kier molecular flexibility index (Phi) is 3.94. The van der Waals surface area contributed by atoms with Crippen LogP contribution in [0, 0.1) is 20.8 Å². The average molecular weight is 315 g/mol. The molecule has 5 nitrogen and oxygen atoms in total. The molecular weight excluding hydrogens is 298 g/mol. The minimum absolute atomic E-state index is 0.0219. The number of thiazole rings is 1. The second-order valence-electron chi connectivity index (χ2n) is 5.27. The fraction of sp³-hybridized carbons (Fsp3) is 0.312. The number of hydrogen-bond acceptors (Lipinski definition) is 5. The number of benzene rings is 1. The number of hydrogen-bond donors (Lipinski definition) is 1. The first-order valence-corrected chi connectivity index (χ1v) is 7.93. The van der Waals surface area contributed by atoms with E-state index >= 15 is 0 Å². The Labute approximate surface area is 132 Å². The molecule has 1 amide bonds. The van der Waals surface area contributed by atoms with E-state index in [-0.39, 0.29) is 5.91 Å². The number of nitrogens with zero attached hydrogens (tertiary/aromatic N) is 2. The molecule has 3 rings (SSSR count). The van der Waals surface area contributed by atoms with Crippen molar-refractivity contribution in [2.24, 2.45) is 0 Å². The Morgan fingerprint density at radius 1 is 1.32 bits per heavy atom. The fourth-order valence-corrected chi connectivity index (χ4v) is 3.25. The molecule has 0 bridgehead atoms. The maximum absolute atomic E-state index is 12.1. The van der Waals surface area contributed by atoms with Crippen LogP contribution in [0.4, 0.5) is 5.69 Å². The van der Waals surface area contributed by atoms with Crippen LogP contribution in [0.1, 0.15) is 28.4 Å². The average Bonchev–Trinajstić information content (AvgIpc) is 2.98. The Morgan fingerprint density at radius 3 is 2.86 bits per heavy atom. The number of aromatic nitrogens is 2. The quantitative estimate of drug-likeness (QED) is 0.795. The molecule has 114 valence electrons. The lowest BCUT2D eigenvalue weighted by Gasteiger charge is -2.05. The molecular formula is C16H17N3O2S. The summed E-state index contributed by atoms with van der Waals surface area (Å²) in [4.78, 5) is 16.5. The van der Waals surface area contributed by atoms with Gasteiger partial charge in [0.1, 0.15) is 5.76 Å². The van der Waals surface area contributed by atoms with Gasteiger partial charge in [0.25, 0.3) is 0 Å². The molecule has 6 heteroatoms. The summed E-state index contributed by atoms with van der Waals surface area (Å²) in [5.41, 5.74) is 3.57. The van der Waals surface area contributed by atoms with Gasteiger partial charge in [0.2, 0.25) is 5.91 Å². The predicted octanol–water partition coefficient (Wildman–Crippen LogP) is 3.78. The zero-order valence-electron chi connectivity index (χ0n) is 12.8. The molecule has 0 radical (unpaired) electrons. The van der Waals surface area contributed by atoms with E-state index in [2.05, 4.69) is 15.5 Å². The van der Waals surface area contributed by atoms with E-state index in [1.54, 1.807) is 11.3 Å². The van der Waals surface area contributed by atoms with E-state index < -0.39 is 0 Å². The molecule has 2 aromatic heterocycles. The molecule has 0 aliphatic rings. The van der Waals surface area contributed by atoms with Crippen LogP contribution in [0.2, 0.25) is 0 Å². The molecule has 1 aromatic carbocycles. The SMILES string of the molecule is Cc1nc2cc(NC(=O)CCc3c(C)noc3C)ccc2s1. The zero-order chi connectivity index (χ0) is 15.7. The van der Waals surface area contributed by atoms with E-state index in [0.29, 0.717) is 12.8 Å². The van der Waals surface area contributed by atoms with Crippen LogP contribution < -0.4 is 5.32 Å². The molecule has 0 atom stereocenters. The van der Waals surface area contributed by atoms with Gasteiger partial charge < -0.3 is 9.84 Å². The third-order valence-electron chi connectivity index (χ3n) is 3.56. The van der Waals surface area contributed by atoms with Crippen molar-refractivity contribution < 1.29 is 9.32 Å². The summed E-state index contributed by atoms with van der Waals surface area (Å²) >= 11 is 1.65. The van der Waals surface area contributed by atoms with E-state index in [4.69, 9.17) is 4.52 Å². The predicted molar refractivity (Wildman–Crippen MR) is 87.3 cm³/mol. The zero-order valence-corrected chi connectivity index (χ0v) is 13.6. The van der Waals surface area contributed by atoms with Gasteiger partial charge in [-0.25, -0.2) is 4.98 Å². The highest BCUT2D eigenvalue weighted by Crippen LogP contribution is 2.24. The van der Waals surface area contributed by atoms with Crippen LogP contribution in [0.3, 0.4) is 0 Å². The molecule has 0 saturated heterocycles. The molecule has 3 aromatic rings. The highest BCUT2D eigenvalue weighted by molar-refractivity contribution is 7.18. The molecule has 0 aliphatic heterocycles. The van der Waals surface area contributed by atoms with Crippen LogP contribution in [-0.4, -0.2) is 16.0 Å². The largest absolute Gasteiger partial charge is 0.361 e. The van der Waals surface area contributed by atoms with Gasteiger partial charge in [-0.2, -0.15) is 0 Å². The molecule has 0 fully saturated rings. The monoisotopic (exact) mass is 315 g/mol. The van der Waals surface area contributed by atoms with E-state index in [1.807, 2.05) is 39.0 Å². The molecule has 22 heavy (non-hydrogen) atoms. The maximum Gasteiger partial charge on any atom is 0.224 e. The number of amides is 1. The van der Waals surface area contributed by atoms with Crippen molar-refractivity contribution in [3.05, 3.63) is 40.2 Å². The highest BCUT2D eigenvalue weighted by atomic mass is 32.1. The molecule has 2 heterocycles. The van der Waals surface area contributed by atoms with Gasteiger partial charge >= 0.3 is 0 Å². The summed E-state index contributed by atoms with van der Waals surface area (Å²) < 4.78 is 6.24. The number of carbonyl (C=O) groups excluding carboxylic acids is 1. The van der Waals surface area contributed by atoms with Crippen LogP contribution >= 0.6 is 11.3 Å². The van der Waals surface area contributed by atoms with Crippen molar-refractivity contribution in [1.29, 1.82) is 0 Å². The summed E-state index contributed by atoms with van der Waals surface area (Å²) in [7, 11) is 0. The number of anilines is 1. The Bertz CT molecular complexity index is 816. The van der Waals surface area contributed by atoms with Gasteiger partial charge in [-0.1, -0.05) is 5.16 Å². The van der Waals surface area contributed by atoms with Gasteiger partial charge in [-0.05, 0) is 45.4 Å². The maximum atomic E-state index is 12.1. The lowest BCUT2D eigenvalue weighted by Crippen LogP contribution is -2.12. The van der Waals surface area contributed by atoms with Crippen molar-refractivity contribution in [3.63, 3.8) is 0 Å². The number of carbonyl (C=O) groups is 1. The number of aryl methyl sites for hydroxylation is 3. The van der Waals surface area contributed by atoms with E-state index in [0.717, 1.165) is 37.9 Å². The van der Waals surface area contributed by atoms with Crippen molar-refractivity contribution >= 4 is 33.1 Å². The Hall–Kier alpha value is -2.21. The number of nitrogens with one attached hydrogen (secondary N) is 1. The number of fused-ring (bicyclic) bond motifs is 1. The van der Waals surface area contributed by atoms with Crippen molar-refractivity contribution in [3.8, 4) is 0 Å². The van der Waals surface area contributed by atoms with E-state index in [1.165, 1.54) is 0 Å². The summed E-state index contributed by atoms with van der Waals surface area (Å²) in [6.07, 6.45) is 1.03. The normalized spacial score (nSPS) is 11.0. The van der Waals surface area contributed by atoms with Crippen LogP contribution in [0.25, 0.3) is 10.2 Å². The van der Waals surface area contributed by atoms with Crippen molar-refractivity contribution in [2.75, 3.05) is 5.32 Å². The standard InChI is InChI=1S/C16H17N3O2S/c1-9-13(10(2)21-19-9)5-7-16(20)18-12-4-6-15-14(8-12)17-11(3)22-15/h4,6,8H,5,7H2,1-3H3,(H,18,20). The molecule has 0 aliphatic carbocycles. The van der Waals surface area contributed by atoms with Gasteiger partial charge in [0, 0.05) is 17.7 Å². The minimum atomic E-state index is -0.0219. The Morgan fingerprint density at radius 2 is 2.14 bits per heavy atom. The smallest absolute Gasteiger partial charge is 0.224 e. The highest BCUT2D eigenvalue weighted by Gasteiger charge is 2.11. The summed E-state index contributed by atoms with van der Waals surface area (Å²) in [6.45, 7) is 5.74. The first kappa shape index (κ1) is 14.7. The Balaban J connectivity index is 1.65. The summed E-state index contributed by atoms with van der Waals surface area (Å²) in [5, 5.41) is 7.84. The lowest BCUT2D eigenvalue weighted by atomic mass is 10.1. The second-order valence-corrected chi connectivity index (χ2v) is 6.50. The lowest BCUT2D eigenvalue weighted by molar-refractivity contribution is -0.116. The van der Waals surface area contributed by atoms with Crippen molar-refractivity contribution in [1.82, 2.24) is 10.1 Å². The van der Waals surface area contributed by atoms with Gasteiger partial charge in [0.15, 0.2) is 0 Å². The molecule has 0 unspecified atom stereocenters. The van der Waals surface area contributed by atoms with Crippen LogP contribution in [0.15, 0.2) is 22.7 Å². The first-order chi connectivity index (χ1) is 10.5. The molecule has 0 saturated carbocycles. The topological polar surface area (TPSA) is 68.0 Å². The van der Waals surface area contributed by atoms with Gasteiger partial charge in [-0.3, -0.25) is 4.79 Å². The summed E-state index contributed by atoms with van der Waals surface area (Å²) in [5.74, 6) is 0.760. The van der Waals surface area contributed by atoms with E-state index in [9.17, 15) is 4.79 Å².